The van der Waals surface area contributed by atoms with E-state index < -0.39 is 25.2 Å². The fourth-order valence-corrected chi connectivity index (χ4v) is 6.66. The second kappa shape index (κ2) is 14.0. The van der Waals surface area contributed by atoms with E-state index in [1.165, 1.54) is 23.5 Å². The third-order valence-electron chi connectivity index (χ3n) is 5.46. The Balaban J connectivity index is 2.19. The van der Waals surface area contributed by atoms with Crippen molar-refractivity contribution < 1.29 is 32.3 Å². The smallest absolute Gasteiger partial charge is 0.357 e. The number of esters is 1. The summed E-state index contributed by atoms with van der Waals surface area (Å²) in [5, 5.41) is 3.83. The van der Waals surface area contributed by atoms with Gasteiger partial charge >= 0.3 is 13.6 Å². The number of nitrogens with one attached hydrogen (secondary N) is 1. The van der Waals surface area contributed by atoms with Gasteiger partial charge in [-0.25, -0.2) is 14.2 Å². The predicted octanol–water partition coefficient (Wildman–Crippen LogP) is 7.85. The molecule has 1 heterocycles. The minimum Gasteiger partial charge on any atom is -0.493 e. The van der Waals surface area contributed by atoms with E-state index in [0.29, 0.717) is 44.7 Å². The van der Waals surface area contributed by atoms with Gasteiger partial charge in [-0.2, -0.15) is 0 Å². The van der Waals surface area contributed by atoms with Gasteiger partial charge in [0.1, 0.15) is 21.5 Å². The molecule has 0 radical (unpaired) electrons. The second-order valence-corrected chi connectivity index (χ2v) is 12.2. The average molecular weight is 579 g/mol. The summed E-state index contributed by atoms with van der Waals surface area (Å²) in [6.45, 7) is 12.0. The summed E-state index contributed by atoms with van der Waals surface area (Å²) in [5.41, 5.74) is 2.30. The lowest BCUT2D eigenvalue weighted by atomic mass is 10.1. The molecular formula is C28H36FN2O6PS. The van der Waals surface area contributed by atoms with E-state index in [1.54, 1.807) is 45.9 Å². The van der Waals surface area contributed by atoms with Crippen molar-refractivity contribution in [1.82, 2.24) is 4.98 Å². The van der Waals surface area contributed by atoms with Crippen LogP contribution in [-0.4, -0.2) is 37.4 Å². The molecule has 0 spiro atoms. The van der Waals surface area contributed by atoms with E-state index in [0.717, 1.165) is 0 Å². The highest BCUT2D eigenvalue weighted by molar-refractivity contribution is 7.54. The molecule has 0 aliphatic carbocycles. The summed E-state index contributed by atoms with van der Waals surface area (Å²) in [6, 6.07) is 11.2. The fourth-order valence-electron chi connectivity index (χ4n) is 3.77. The molecule has 212 valence electrons. The summed E-state index contributed by atoms with van der Waals surface area (Å²) in [7, 11) is -3.82. The van der Waals surface area contributed by atoms with Crippen LogP contribution in [0.15, 0.2) is 42.5 Å². The number of anilines is 1. The number of nitrogens with zero attached hydrogens (tertiary/aromatic N) is 1. The van der Waals surface area contributed by atoms with Crippen LogP contribution in [0.2, 0.25) is 0 Å². The molecule has 3 rings (SSSR count). The van der Waals surface area contributed by atoms with Crippen LogP contribution in [0.4, 0.5) is 10.1 Å². The maximum atomic E-state index is 14.2. The SMILES string of the molecule is CCOC(=O)c1sc(-c2ccc(OCC(C)C)c(C(Nc3ccc(F)cc3)P(=O)(OCC)OCC)c2)nc1C. The van der Waals surface area contributed by atoms with Crippen LogP contribution in [0.3, 0.4) is 0 Å². The number of thiazole rings is 1. The molecule has 1 atom stereocenters. The molecule has 1 unspecified atom stereocenters. The van der Waals surface area contributed by atoms with Gasteiger partial charge in [0.2, 0.25) is 0 Å². The normalized spacial score (nSPS) is 12.4. The van der Waals surface area contributed by atoms with Gasteiger partial charge in [0.25, 0.3) is 0 Å². The zero-order chi connectivity index (χ0) is 28.6. The first-order chi connectivity index (χ1) is 18.6. The third kappa shape index (κ3) is 7.88. The molecule has 8 nitrogen and oxygen atoms in total. The molecule has 1 N–H and O–H groups in total. The van der Waals surface area contributed by atoms with Crippen LogP contribution in [0.5, 0.6) is 5.75 Å². The molecule has 2 aromatic carbocycles. The lowest BCUT2D eigenvalue weighted by molar-refractivity contribution is 0.0531. The summed E-state index contributed by atoms with van der Waals surface area (Å²) in [4.78, 5) is 17.4. The molecule has 11 heteroatoms. The van der Waals surface area contributed by atoms with Gasteiger partial charge in [-0.1, -0.05) is 13.8 Å². The molecule has 0 saturated heterocycles. The number of hydrogen-bond acceptors (Lipinski definition) is 9. The Hall–Kier alpha value is -2.78. The van der Waals surface area contributed by atoms with Crippen LogP contribution in [0.25, 0.3) is 10.6 Å². The van der Waals surface area contributed by atoms with Gasteiger partial charge in [0.15, 0.2) is 5.78 Å². The summed E-state index contributed by atoms with van der Waals surface area (Å²) in [5.74, 6) is -1.08. The van der Waals surface area contributed by atoms with Crippen LogP contribution in [0, 0.1) is 18.7 Å². The van der Waals surface area contributed by atoms with Crippen molar-refractivity contribution in [2.24, 2.45) is 5.92 Å². The summed E-state index contributed by atoms with van der Waals surface area (Å²) < 4.78 is 50.7. The first-order valence-corrected chi connectivity index (χ1v) is 15.4. The van der Waals surface area contributed by atoms with Crippen molar-refractivity contribution in [1.29, 1.82) is 0 Å². The van der Waals surface area contributed by atoms with E-state index in [2.05, 4.69) is 10.3 Å². The lowest BCUT2D eigenvalue weighted by Crippen LogP contribution is -2.17. The van der Waals surface area contributed by atoms with Gasteiger partial charge in [0.05, 0.1) is 32.1 Å². The van der Waals surface area contributed by atoms with Crippen molar-refractivity contribution in [3.63, 3.8) is 0 Å². The maximum Gasteiger partial charge on any atom is 0.357 e. The largest absolute Gasteiger partial charge is 0.493 e. The summed E-state index contributed by atoms with van der Waals surface area (Å²) in [6.07, 6.45) is 0. The van der Waals surface area contributed by atoms with Crippen LogP contribution in [-0.2, 0) is 18.3 Å². The van der Waals surface area contributed by atoms with Gasteiger partial charge in [-0.15, -0.1) is 11.3 Å². The van der Waals surface area contributed by atoms with E-state index in [1.807, 2.05) is 26.0 Å². The van der Waals surface area contributed by atoms with Gasteiger partial charge in [-0.05, 0) is 76.1 Å². The highest BCUT2D eigenvalue weighted by Crippen LogP contribution is 2.62. The zero-order valence-corrected chi connectivity index (χ0v) is 24.9. The molecule has 39 heavy (non-hydrogen) atoms. The molecule has 0 amide bonds. The first-order valence-electron chi connectivity index (χ1n) is 12.9. The summed E-state index contributed by atoms with van der Waals surface area (Å²) >= 11 is 1.22. The van der Waals surface area contributed by atoms with Crippen molar-refractivity contribution in [2.75, 3.05) is 31.7 Å². The Morgan fingerprint density at radius 1 is 1.05 bits per heavy atom. The van der Waals surface area contributed by atoms with Gasteiger partial charge < -0.3 is 23.8 Å². The van der Waals surface area contributed by atoms with Crippen molar-refractivity contribution >= 4 is 30.6 Å². The maximum absolute atomic E-state index is 14.2. The topological polar surface area (TPSA) is 96.0 Å². The molecule has 3 aromatic rings. The molecule has 0 fully saturated rings. The van der Waals surface area contributed by atoms with Crippen molar-refractivity contribution in [2.45, 2.75) is 47.3 Å². The molecule has 1 aromatic heterocycles. The zero-order valence-electron chi connectivity index (χ0n) is 23.2. The average Bonchev–Trinajstić information content (AvgIpc) is 3.29. The monoisotopic (exact) mass is 578 g/mol. The van der Waals surface area contributed by atoms with Crippen molar-refractivity contribution in [3.05, 3.63) is 64.4 Å². The minimum atomic E-state index is -3.82. The number of aryl methyl sites for hydroxylation is 1. The Labute approximate surface area is 233 Å². The van der Waals surface area contributed by atoms with E-state index in [9.17, 15) is 13.8 Å². The number of rotatable bonds is 14. The van der Waals surface area contributed by atoms with E-state index in [4.69, 9.17) is 18.5 Å². The van der Waals surface area contributed by atoms with Gasteiger partial charge in [-0.3, -0.25) is 4.57 Å². The molecule has 0 saturated carbocycles. The predicted molar refractivity (Wildman–Crippen MR) is 152 cm³/mol. The number of aromatic nitrogens is 1. The third-order valence-corrected chi connectivity index (χ3v) is 8.93. The van der Waals surface area contributed by atoms with E-state index in [-0.39, 0.29) is 25.7 Å². The second-order valence-electron chi connectivity index (χ2n) is 9.04. The number of halogens is 1. The minimum absolute atomic E-state index is 0.148. The molecular weight excluding hydrogens is 542 g/mol. The first kappa shape index (κ1) is 30.8. The highest BCUT2D eigenvalue weighted by atomic mass is 32.1. The number of carbonyl (C=O) groups excluding carboxylic acids is 1. The fraction of sp³-hybridized carbons (Fsp3) is 0.429. The Bertz CT molecular complexity index is 1290. The van der Waals surface area contributed by atoms with E-state index >= 15 is 0 Å². The van der Waals surface area contributed by atoms with Crippen molar-refractivity contribution in [3.8, 4) is 16.3 Å². The lowest BCUT2D eigenvalue weighted by Gasteiger charge is -2.30. The number of carbonyl (C=O) groups is 1. The van der Waals surface area contributed by atoms with Gasteiger partial charge in [0, 0.05) is 16.8 Å². The number of benzene rings is 2. The Kier molecular flexibility index (Phi) is 11.1. The standard InChI is InChI=1S/C28H36FN2O6PS/c1-7-34-28(32)25-19(6)30-27(39-25)20-10-15-24(35-17-18(4)5)23(16-20)26(38(33,36-8-2)37-9-3)31-22-13-11-21(29)12-14-22/h10-16,18,26,31H,7-9,17H2,1-6H3. The Morgan fingerprint density at radius 3 is 2.31 bits per heavy atom. The molecule has 0 aliphatic heterocycles. The van der Waals surface area contributed by atoms with Crippen LogP contribution >= 0.6 is 18.9 Å². The number of ether oxygens (including phenoxy) is 2. The molecule has 0 aliphatic rings. The number of hydrogen-bond donors (Lipinski definition) is 1. The van der Waals surface area contributed by atoms with Crippen LogP contribution in [0.1, 0.15) is 61.3 Å². The van der Waals surface area contributed by atoms with Crippen LogP contribution < -0.4 is 10.1 Å². The Morgan fingerprint density at radius 2 is 1.72 bits per heavy atom. The molecule has 0 bridgehead atoms. The highest BCUT2D eigenvalue weighted by Gasteiger charge is 2.39. The quantitative estimate of drug-likeness (QED) is 0.153.